The van der Waals surface area contributed by atoms with E-state index in [1.54, 1.807) is 42.1 Å². The van der Waals surface area contributed by atoms with Gasteiger partial charge in [-0.1, -0.05) is 35.6 Å². The number of carbonyl (C=O) groups excluding carboxylic acids is 3. The Labute approximate surface area is 237 Å². The highest BCUT2D eigenvalue weighted by Gasteiger charge is 2.69. The number of aromatic amines is 1. The summed E-state index contributed by atoms with van der Waals surface area (Å²) in [5.74, 6) is -1.73. The minimum absolute atomic E-state index is 0.0177. The molecule has 206 valence electrons. The maximum Gasteiger partial charge on any atom is 0.305 e. The van der Waals surface area contributed by atoms with Crippen LogP contribution in [0, 0.1) is 29.6 Å². The lowest BCUT2D eigenvalue weighted by Crippen LogP contribution is -2.42. The fraction of sp³-hybridized carbons (Fsp3) is 0.379. The molecule has 1 saturated heterocycles. The van der Waals surface area contributed by atoms with Crippen LogP contribution in [0.3, 0.4) is 0 Å². The number of phenolic OH excluding ortho intramolecular Hbond substituents is 1. The second-order valence-corrected chi connectivity index (χ2v) is 13.0. The maximum absolute atomic E-state index is 13.7. The largest absolute Gasteiger partial charge is 0.504 e. The number of imide groups is 1. The van der Waals surface area contributed by atoms with Crippen LogP contribution in [0.5, 0.6) is 11.5 Å². The van der Waals surface area contributed by atoms with Crippen LogP contribution < -0.4 is 14.9 Å². The van der Waals surface area contributed by atoms with Crippen molar-refractivity contribution in [2.24, 2.45) is 29.6 Å². The van der Waals surface area contributed by atoms with E-state index in [4.69, 9.17) is 4.74 Å². The average molecular weight is 578 g/mol. The number of phenols is 1. The number of hydrogen-bond donors (Lipinski definition) is 3. The second-order valence-electron chi connectivity index (χ2n) is 10.8. The Kier molecular flexibility index (Phi) is 6.04. The molecule has 7 unspecified atom stereocenters. The lowest BCUT2D eigenvalue weighted by molar-refractivity contribution is -0.143. The van der Waals surface area contributed by atoms with Crippen LogP contribution >= 0.6 is 23.1 Å². The van der Waals surface area contributed by atoms with Crippen molar-refractivity contribution in [1.82, 2.24) is 9.88 Å². The number of amides is 3. The molecule has 1 aromatic heterocycles. The third-order valence-corrected chi connectivity index (χ3v) is 11.4. The van der Waals surface area contributed by atoms with Gasteiger partial charge < -0.3 is 20.1 Å². The van der Waals surface area contributed by atoms with Gasteiger partial charge >= 0.3 is 4.87 Å². The monoisotopic (exact) mass is 577 g/mol. The lowest BCUT2D eigenvalue weighted by atomic mass is 9.68. The van der Waals surface area contributed by atoms with Crippen molar-refractivity contribution in [3.05, 3.63) is 68.6 Å². The first kappa shape index (κ1) is 25.4. The van der Waals surface area contributed by atoms with Gasteiger partial charge in [0, 0.05) is 21.7 Å². The van der Waals surface area contributed by atoms with Gasteiger partial charge in [0.25, 0.3) is 0 Å². The molecule has 7 rings (SSSR count). The first-order valence-electron chi connectivity index (χ1n) is 13.4. The summed E-state index contributed by atoms with van der Waals surface area (Å²) in [6.45, 7) is 1.94. The van der Waals surface area contributed by atoms with Gasteiger partial charge in [-0.3, -0.25) is 24.1 Å². The second kappa shape index (κ2) is 9.52. The van der Waals surface area contributed by atoms with Gasteiger partial charge in [0.05, 0.1) is 23.5 Å². The predicted molar refractivity (Wildman–Crippen MR) is 150 cm³/mol. The molecule has 2 aromatic carbocycles. The Morgan fingerprint density at radius 3 is 2.60 bits per heavy atom. The van der Waals surface area contributed by atoms with E-state index in [0.29, 0.717) is 18.0 Å². The summed E-state index contributed by atoms with van der Waals surface area (Å²) in [5.41, 5.74) is 1.52. The number of benzene rings is 2. The maximum atomic E-state index is 13.7. The number of hydrogen-bond acceptors (Lipinski definition) is 8. The third kappa shape index (κ3) is 3.81. The molecule has 11 heteroatoms. The number of likely N-dealkylation sites (tertiary alicyclic amines) is 1. The zero-order valence-corrected chi connectivity index (χ0v) is 23.2. The summed E-state index contributed by atoms with van der Waals surface area (Å²) >= 11 is 2.79. The van der Waals surface area contributed by atoms with Crippen LogP contribution in [0.15, 0.2) is 58.4 Å². The van der Waals surface area contributed by atoms with Gasteiger partial charge in [0.2, 0.25) is 17.7 Å². The van der Waals surface area contributed by atoms with Crippen LogP contribution in [-0.2, 0) is 14.4 Å². The van der Waals surface area contributed by atoms with Gasteiger partial charge in [-0.25, -0.2) is 0 Å². The fourth-order valence-corrected chi connectivity index (χ4v) is 10.4. The topological polar surface area (TPSA) is 129 Å². The molecule has 2 aliphatic carbocycles. The highest BCUT2D eigenvalue weighted by Crippen LogP contribution is 2.68. The van der Waals surface area contributed by atoms with Crippen molar-refractivity contribution in [2.75, 3.05) is 18.5 Å². The Hall–Kier alpha value is -3.57. The van der Waals surface area contributed by atoms with Gasteiger partial charge in [0.15, 0.2) is 11.5 Å². The first-order chi connectivity index (χ1) is 19.4. The summed E-state index contributed by atoms with van der Waals surface area (Å²) < 4.78 is 5.66. The van der Waals surface area contributed by atoms with Gasteiger partial charge in [-0.2, -0.15) is 0 Å². The van der Waals surface area contributed by atoms with E-state index in [2.05, 4.69) is 10.3 Å². The molecule has 9 nitrogen and oxygen atoms in total. The summed E-state index contributed by atoms with van der Waals surface area (Å²) in [5, 5.41) is 14.0. The average Bonchev–Trinajstić information content (AvgIpc) is 3.67. The quantitative estimate of drug-likeness (QED) is 0.382. The number of nitrogens with one attached hydrogen (secondary N) is 2. The van der Waals surface area contributed by atoms with Gasteiger partial charge in [-0.15, -0.1) is 11.8 Å². The number of thiazole rings is 1. The van der Waals surface area contributed by atoms with Crippen molar-refractivity contribution in [3.63, 3.8) is 0 Å². The van der Waals surface area contributed by atoms with E-state index in [9.17, 15) is 24.3 Å². The molecular weight excluding hydrogens is 550 g/mol. The van der Waals surface area contributed by atoms with Crippen LogP contribution in [0.1, 0.15) is 29.7 Å². The molecule has 0 spiro atoms. The van der Waals surface area contributed by atoms with Crippen molar-refractivity contribution in [3.8, 4) is 11.5 Å². The van der Waals surface area contributed by atoms with E-state index in [0.717, 1.165) is 26.8 Å². The Bertz CT molecular complexity index is 1590. The van der Waals surface area contributed by atoms with Crippen molar-refractivity contribution in [1.29, 1.82) is 0 Å². The van der Waals surface area contributed by atoms with E-state index < -0.39 is 17.7 Å². The van der Waals surface area contributed by atoms with Crippen molar-refractivity contribution < 1.29 is 24.2 Å². The number of fused-ring (bicyclic) bond motifs is 9. The predicted octanol–water partition coefficient (Wildman–Crippen LogP) is 3.65. The summed E-state index contributed by atoms with van der Waals surface area (Å²) in [6, 6.07) is 14.3. The Balaban J connectivity index is 1.21. The molecule has 4 aliphatic rings. The van der Waals surface area contributed by atoms with E-state index >= 15 is 0 Å². The number of ether oxygens (including phenoxy) is 1. The van der Waals surface area contributed by atoms with Crippen LogP contribution in [-0.4, -0.2) is 51.1 Å². The number of anilines is 1. The molecule has 2 saturated carbocycles. The van der Waals surface area contributed by atoms with Gasteiger partial charge in [0.1, 0.15) is 6.54 Å². The Morgan fingerprint density at radius 1 is 1.10 bits per heavy atom. The van der Waals surface area contributed by atoms with Crippen LogP contribution in [0.25, 0.3) is 0 Å². The van der Waals surface area contributed by atoms with E-state index in [1.807, 2.05) is 25.1 Å². The van der Waals surface area contributed by atoms with Crippen molar-refractivity contribution >= 4 is 46.5 Å². The van der Waals surface area contributed by atoms with Crippen LogP contribution in [0.4, 0.5) is 5.69 Å². The molecular formula is C29H27N3O6S2. The minimum Gasteiger partial charge on any atom is -0.504 e. The summed E-state index contributed by atoms with van der Waals surface area (Å²) in [7, 11) is 0. The highest BCUT2D eigenvalue weighted by atomic mass is 32.2. The standard InChI is InChI=1S/C29H27N3O6S2/c1-2-38-18-10-13(8-9-17(18)33)20-21-15-11-16(24(21)39-26-25(20)40-29(37)31-26)23-22(15)27(35)32(28(23)36)12-19(34)30-14-6-4-3-5-7-14/h3-10,15-16,20-24,33H,2,11-12H2,1H3,(H,30,34)(H,31,37). The molecule has 0 radical (unpaired) electrons. The molecule has 2 bridgehead atoms. The molecule has 3 N–H and O–H groups in total. The zero-order chi connectivity index (χ0) is 27.7. The van der Waals surface area contributed by atoms with Crippen LogP contribution in [0.2, 0.25) is 0 Å². The zero-order valence-electron chi connectivity index (χ0n) is 21.5. The fourth-order valence-electron chi connectivity index (χ4n) is 7.47. The number of thioether (sulfide) groups is 1. The molecule has 3 amide bonds. The number of rotatable bonds is 6. The Morgan fingerprint density at radius 2 is 1.85 bits per heavy atom. The minimum atomic E-state index is -0.480. The smallest absolute Gasteiger partial charge is 0.305 e. The summed E-state index contributed by atoms with van der Waals surface area (Å²) in [6.07, 6.45) is 0.755. The number of aromatic hydroxyl groups is 1. The number of carbonyl (C=O) groups is 3. The molecule has 3 heterocycles. The van der Waals surface area contributed by atoms with Gasteiger partial charge in [-0.05, 0) is 60.9 Å². The number of H-pyrrole nitrogens is 1. The lowest BCUT2D eigenvalue weighted by Gasteiger charge is -2.43. The SMILES string of the molecule is CCOc1cc(C2c3sc(=O)[nH]c3SC3C4CC(C5C(=O)N(CC(=O)Nc6ccccc6)C(=O)C45)C23)ccc1O. The normalized spacial score (nSPS) is 29.7. The number of para-hydroxylation sites is 1. The number of aromatic nitrogens is 1. The first-order valence-corrected chi connectivity index (χ1v) is 15.1. The number of nitrogens with zero attached hydrogens (tertiary/aromatic N) is 1. The van der Waals surface area contributed by atoms with E-state index in [1.165, 1.54) is 11.3 Å². The highest BCUT2D eigenvalue weighted by molar-refractivity contribution is 8.00. The molecule has 40 heavy (non-hydrogen) atoms. The molecule has 2 aliphatic heterocycles. The third-order valence-electron chi connectivity index (χ3n) is 8.82. The summed E-state index contributed by atoms with van der Waals surface area (Å²) in [4.78, 5) is 57.5. The van der Waals surface area contributed by atoms with E-state index in [-0.39, 0.29) is 57.9 Å². The van der Waals surface area contributed by atoms with Crippen molar-refractivity contribution in [2.45, 2.75) is 29.5 Å². The molecule has 3 fully saturated rings. The molecule has 7 atom stereocenters. The molecule has 3 aromatic rings.